The molecule has 2 aliphatic rings. The summed E-state index contributed by atoms with van der Waals surface area (Å²) in [5.41, 5.74) is -1.12. The number of amides is 1. The zero-order chi connectivity index (χ0) is 14.1. The Kier molecular flexibility index (Phi) is 3.85. The first kappa shape index (κ1) is 14.3. The number of carbonyl (C=O) groups excluding carboxylic acids is 1. The first-order chi connectivity index (χ1) is 8.99. The predicted octanol–water partition coefficient (Wildman–Crippen LogP) is 1.52. The van der Waals surface area contributed by atoms with Gasteiger partial charge in [0.2, 0.25) is 5.91 Å². The highest BCUT2D eigenvalue weighted by atomic mass is 16.5. The van der Waals surface area contributed by atoms with Crippen molar-refractivity contribution in [2.24, 2.45) is 10.8 Å². The van der Waals surface area contributed by atoms with Gasteiger partial charge in [-0.3, -0.25) is 9.59 Å². The van der Waals surface area contributed by atoms with E-state index in [0.29, 0.717) is 13.0 Å². The molecule has 0 radical (unpaired) electrons. The number of carboxylic acids is 1. The summed E-state index contributed by atoms with van der Waals surface area (Å²) in [6.45, 7) is 3.05. The Morgan fingerprint density at radius 2 is 1.95 bits per heavy atom. The highest BCUT2D eigenvalue weighted by Crippen LogP contribution is 2.46. The van der Waals surface area contributed by atoms with E-state index in [1.165, 1.54) is 7.11 Å². The second-order valence-electron chi connectivity index (χ2n) is 5.98. The molecule has 5 heteroatoms. The Labute approximate surface area is 113 Å². The third kappa shape index (κ3) is 2.24. The van der Waals surface area contributed by atoms with E-state index in [-0.39, 0.29) is 24.5 Å². The van der Waals surface area contributed by atoms with Crippen LogP contribution in [0.1, 0.15) is 39.0 Å². The highest BCUT2D eigenvalue weighted by Gasteiger charge is 2.51. The van der Waals surface area contributed by atoms with Crippen LogP contribution in [0, 0.1) is 10.8 Å². The minimum absolute atomic E-state index is 0.153. The van der Waals surface area contributed by atoms with E-state index in [4.69, 9.17) is 4.74 Å². The Balaban J connectivity index is 2.08. The summed E-state index contributed by atoms with van der Waals surface area (Å²) in [6, 6.07) is 0. The topological polar surface area (TPSA) is 66.8 Å². The van der Waals surface area contributed by atoms with Crippen LogP contribution in [-0.4, -0.2) is 48.7 Å². The molecule has 0 spiro atoms. The molecule has 0 bridgehead atoms. The lowest BCUT2D eigenvalue weighted by atomic mass is 9.66. The summed E-state index contributed by atoms with van der Waals surface area (Å²) < 4.78 is 5.05. The molecule has 2 fully saturated rings. The summed E-state index contributed by atoms with van der Waals surface area (Å²) in [6.07, 6.45) is 4.34. The lowest BCUT2D eigenvalue weighted by Gasteiger charge is -2.42. The Morgan fingerprint density at radius 3 is 2.37 bits per heavy atom. The standard InChI is InChI=1S/C14H23NO4/c1-3-13(5-4-6-13)11(16)15-8-7-14(9-15,10-19-2)12(17)18/h3-10H2,1-2H3,(H,17,18). The summed E-state index contributed by atoms with van der Waals surface area (Å²) in [7, 11) is 1.51. The molecule has 0 aromatic rings. The Morgan fingerprint density at radius 1 is 1.26 bits per heavy atom. The van der Waals surface area contributed by atoms with Crippen LogP contribution >= 0.6 is 0 Å². The maximum absolute atomic E-state index is 12.6. The molecule has 1 saturated carbocycles. The predicted molar refractivity (Wildman–Crippen MR) is 69.7 cm³/mol. The van der Waals surface area contributed by atoms with Gasteiger partial charge in [-0.1, -0.05) is 13.3 Å². The van der Waals surface area contributed by atoms with Gasteiger partial charge in [0.15, 0.2) is 0 Å². The maximum atomic E-state index is 12.6. The molecule has 19 heavy (non-hydrogen) atoms. The molecular weight excluding hydrogens is 246 g/mol. The quantitative estimate of drug-likeness (QED) is 0.821. The highest BCUT2D eigenvalue weighted by molar-refractivity contribution is 5.85. The van der Waals surface area contributed by atoms with Crippen LogP contribution in [0.5, 0.6) is 0 Å². The number of nitrogens with zero attached hydrogens (tertiary/aromatic N) is 1. The fraction of sp³-hybridized carbons (Fsp3) is 0.857. The van der Waals surface area contributed by atoms with Crippen molar-refractivity contribution < 1.29 is 19.4 Å². The number of carboxylic acid groups (broad SMARTS) is 1. The third-order valence-electron chi connectivity index (χ3n) is 4.96. The average Bonchev–Trinajstić information content (AvgIpc) is 2.74. The fourth-order valence-corrected chi connectivity index (χ4v) is 3.33. The molecule has 1 N–H and O–H groups in total. The van der Waals surface area contributed by atoms with E-state index in [1.54, 1.807) is 4.90 Å². The average molecular weight is 269 g/mol. The molecular formula is C14H23NO4. The largest absolute Gasteiger partial charge is 0.481 e. The van der Waals surface area contributed by atoms with Gasteiger partial charge < -0.3 is 14.7 Å². The summed E-state index contributed by atoms with van der Waals surface area (Å²) in [5.74, 6) is -0.704. The van der Waals surface area contributed by atoms with E-state index in [9.17, 15) is 14.7 Å². The van der Waals surface area contributed by atoms with Crippen molar-refractivity contribution in [2.45, 2.75) is 39.0 Å². The molecule has 1 saturated heterocycles. The van der Waals surface area contributed by atoms with E-state index in [0.717, 1.165) is 25.7 Å². The number of hydrogen-bond donors (Lipinski definition) is 1. The molecule has 0 aromatic heterocycles. The number of rotatable bonds is 5. The zero-order valence-electron chi connectivity index (χ0n) is 11.8. The molecule has 1 atom stereocenters. The molecule has 1 aliphatic heterocycles. The van der Waals surface area contributed by atoms with E-state index in [1.807, 2.05) is 6.92 Å². The summed E-state index contributed by atoms with van der Waals surface area (Å²) in [5, 5.41) is 9.41. The molecule has 5 nitrogen and oxygen atoms in total. The zero-order valence-corrected chi connectivity index (χ0v) is 11.8. The van der Waals surface area contributed by atoms with Crippen molar-refractivity contribution in [3.05, 3.63) is 0 Å². The van der Waals surface area contributed by atoms with Gasteiger partial charge in [0.05, 0.1) is 6.61 Å². The molecule has 0 aromatic carbocycles. The van der Waals surface area contributed by atoms with Crippen molar-refractivity contribution in [1.29, 1.82) is 0 Å². The molecule has 108 valence electrons. The van der Waals surface area contributed by atoms with Crippen molar-refractivity contribution in [1.82, 2.24) is 4.90 Å². The smallest absolute Gasteiger partial charge is 0.313 e. The monoisotopic (exact) mass is 269 g/mol. The molecule has 1 aliphatic carbocycles. The van der Waals surface area contributed by atoms with Crippen molar-refractivity contribution in [3.63, 3.8) is 0 Å². The van der Waals surface area contributed by atoms with Crippen LogP contribution in [-0.2, 0) is 14.3 Å². The Bertz CT molecular complexity index is 372. The number of aliphatic carboxylic acids is 1. The number of methoxy groups -OCH3 is 1. The van der Waals surface area contributed by atoms with Gasteiger partial charge in [0, 0.05) is 25.6 Å². The van der Waals surface area contributed by atoms with Gasteiger partial charge in [0.25, 0.3) is 0 Å². The molecule has 1 unspecified atom stereocenters. The Hall–Kier alpha value is -1.10. The minimum Gasteiger partial charge on any atom is -0.481 e. The molecule has 1 amide bonds. The summed E-state index contributed by atoms with van der Waals surface area (Å²) >= 11 is 0. The van der Waals surface area contributed by atoms with Crippen molar-refractivity contribution >= 4 is 11.9 Å². The van der Waals surface area contributed by atoms with E-state index >= 15 is 0 Å². The fourth-order valence-electron chi connectivity index (χ4n) is 3.33. The SMILES string of the molecule is CCC1(C(=O)N2CCC(COC)(C(=O)O)C2)CCC1. The third-order valence-corrected chi connectivity index (χ3v) is 4.96. The van der Waals surface area contributed by atoms with Crippen LogP contribution < -0.4 is 0 Å². The lowest BCUT2D eigenvalue weighted by Crippen LogP contribution is -2.48. The number of carbonyl (C=O) groups is 2. The number of ether oxygens (including phenoxy) is 1. The normalized spacial score (nSPS) is 29.1. The number of likely N-dealkylation sites (tertiary alicyclic amines) is 1. The van der Waals surface area contributed by atoms with Crippen LogP contribution in [0.15, 0.2) is 0 Å². The van der Waals surface area contributed by atoms with Crippen molar-refractivity contribution in [3.8, 4) is 0 Å². The molecule has 2 rings (SSSR count). The van der Waals surface area contributed by atoms with Gasteiger partial charge in [-0.25, -0.2) is 0 Å². The van der Waals surface area contributed by atoms with E-state index < -0.39 is 11.4 Å². The lowest BCUT2D eigenvalue weighted by molar-refractivity contribution is -0.153. The summed E-state index contributed by atoms with van der Waals surface area (Å²) in [4.78, 5) is 25.8. The minimum atomic E-state index is -0.914. The molecule has 1 heterocycles. The van der Waals surface area contributed by atoms with Gasteiger partial charge >= 0.3 is 5.97 Å². The van der Waals surface area contributed by atoms with Crippen LogP contribution in [0.3, 0.4) is 0 Å². The second kappa shape index (κ2) is 5.12. The van der Waals surface area contributed by atoms with Crippen LogP contribution in [0.4, 0.5) is 0 Å². The van der Waals surface area contributed by atoms with Crippen LogP contribution in [0.2, 0.25) is 0 Å². The maximum Gasteiger partial charge on any atom is 0.313 e. The number of hydrogen-bond acceptors (Lipinski definition) is 3. The van der Waals surface area contributed by atoms with Crippen molar-refractivity contribution in [2.75, 3.05) is 26.8 Å². The van der Waals surface area contributed by atoms with Gasteiger partial charge in [0.1, 0.15) is 5.41 Å². The van der Waals surface area contributed by atoms with Gasteiger partial charge in [-0.05, 0) is 25.7 Å². The first-order valence-electron chi connectivity index (χ1n) is 7.01. The van der Waals surface area contributed by atoms with Crippen LogP contribution in [0.25, 0.3) is 0 Å². The van der Waals surface area contributed by atoms with Gasteiger partial charge in [-0.15, -0.1) is 0 Å². The first-order valence-corrected chi connectivity index (χ1v) is 7.01. The van der Waals surface area contributed by atoms with E-state index in [2.05, 4.69) is 0 Å². The second-order valence-corrected chi connectivity index (χ2v) is 5.98. The van der Waals surface area contributed by atoms with Gasteiger partial charge in [-0.2, -0.15) is 0 Å².